The molecule has 2 aliphatic rings. The number of hydrogen-bond donors (Lipinski definition) is 2. The fourth-order valence-electron chi connectivity index (χ4n) is 6.07. The van der Waals surface area contributed by atoms with Gasteiger partial charge in [0.2, 0.25) is 0 Å². The number of piperidine rings is 1. The maximum absolute atomic E-state index is 6.24. The summed E-state index contributed by atoms with van der Waals surface area (Å²) in [4.78, 5) is 5.06. The molecule has 4 heterocycles. The number of benzene rings is 1. The Morgan fingerprint density at radius 2 is 1.79 bits per heavy atom. The molecule has 1 aromatic carbocycles. The number of hydrogen-bond acceptors (Lipinski definition) is 6. The summed E-state index contributed by atoms with van der Waals surface area (Å²) in [6.45, 7) is 18.1. The SMILES string of the molecule is CC1(C)CC(Nc2ccc3c(n2)CCOc2cc(-c4cnn(COCC[Si](C)(C)C)c4)ccc2-3)CC(C)(C)N1. The third kappa shape index (κ3) is 7.10. The van der Waals surface area contributed by atoms with Crippen molar-refractivity contribution in [1.82, 2.24) is 20.1 Å². The molecule has 0 spiro atoms. The second-order valence-corrected chi connectivity index (χ2v) is 19.4. The first-order valence-electron chi connectivity index (χ1n) is 14.3. The number of nitrogens with one attached hydrogen (secondary N) is 2. The minimum absolute atomic E-state index is 0.0900. The van der Waals surface area contributed by atoms with Crippen molar-refractivity contribution in [3.63, 3.8) is 0 Å². The Morgan fingerprint density at radius 3 is 2.54 bits per heavy atom. The molecule has 8 heteroatoms. The summed E-state index contributed by atoms with van der Waals surface area (Å²) in [5, 5.41) is 12.0. The number of rotatable bonds is 8. The van der Waals surface area contributed by atoms with Crippen LogP contribution in [0.25, 0.3) is 22.3 Å². The number of nitrogens with zero attached hydrogens (tertiary/aromatic N) is 3. The first-order valence-corrected chi connectivity index (χ1v) is 18.0. The Bertz CT molecular complexity index is 1290. The zero-order valence-electron chi connectivity index (χ0n) is 24.7. The van der Waals surface area contributed by atoms with E-state index < -0.39 is 8.07 Å². The predicted octanol–water partition coefficient (Wildman–Crippen LogP) is 6.58. The van der Waals surface area contributed by atoms with Crippen LogP contribution in [0.4, 0.5) is 5.82 Å². The number of pyridine rings is 1. The smallest absolute Gasteiger partial charge is 0.139 e. The highest BCUT2D eigenvalue weighted by Crippen LogP contribution is 2.38. The van der Waals surface area contributed by atoms with Gasteiger partial charge in [0.05, 0.1) is 18.5 Å². The van der Waals surface area contributed by atoms with Crippen LogP contribution < -0.4 is 15.4 Å². The molecule has 210 valence electrons. The second kappa shape index (κ2) is 10.7. The fraction of sp³-hybridized carbons (Fsp3) is 0.548. The normalized spacial score (nSPS) is 18.5. The topological polar surface area (TPSA) is 73.2 Å². The quantitative estimate of drug-likeness (QED) is 0.245. The lowest BCUT2D eigenvalue weighted by Gasteiger charge is -2.46. The van der Waals surface area contributed by atoms with Crippen molar-refractivity contribution in [1.29, 1.82) is 0 Å². The van der Waals surface area contributed by atoms with Gasteiger partial charge in [0.25, 0.3) is 0 Å². The van der Waals surface area contributed by atoms with E-state index in [0.717, 1.165) is 71.4 Å². The van der Waals surface area contributed by atoms with Crippen molar-refractivity contribution in [2.45, 2.75) is 96.5 Å². The molecule has 0 atom stereocenters. The maximum atomic E-state index is 6.24. The van der Waals surface area contributed by atoms with Crippen molar-refractivity contribution in [3.8, 4) is 28.0 Å². The van der Waals surface area contributed by atoms with E-state index in [-0.39, 0.29) is 11.1 Å². The monoisotopic (exact) mass is 547 g/mol. The number of fused-ring (bicyclic) bond motifs is 3. The Labute approximate surface area is 234 Å². The van der Waals surface area contributed by atoms with E-state index in [2.05, 4.69) is 93.4 Å². The zero-order chi connectivity index (χ0) is 27.8. The van der Waals surface area contributed by atoms with Gasteiger partial charge in [-0.15, -0.1) is 0 Å². The van der Waals surface area contributed by atoms with E-state index >= 15 is 0 Å². The van der Waals surface area contributed by atoms with E-state index in [4.69, 9.17) is 14.5 Å². The average molecular weight is 548 g/mol. The Morgan fingerprint density at radius 1 is 1.05 bits per heavy atom. The maximum Gasteiger partial charge on any atom is 0.139 e. The van der Waals surface area contributed by atoms with Gasteiger partial charge in [-0.3, -0.25) is 0 Å². The van der Waals surface area contributed by atoms with Crippen LogP contribution in [-0.2, 0) is 17.9 Å². The van der Waals surface area contributed by atoms with Crippen LogP contribution in [0.15, 0.2) is 42.7 Å². The van der Waals surface area contributed by atoms with Gasteiger partial charge in [0.1, 0.15) is 18.3 Å². The minimum atomic E-state index is -1.09. The molecule has 1 saturated heterocycles. The lowest BCUT2D eigenvalue weighted by atomic mass is 9.79. The predicted molar refractivity (Wildman–Crippen MR) is 162 cm³/mol. The highest BCUT2D eigenvalue weighted by Gasteiger charge is 2.37. The summed E-state index contributed by atoms with van der Waals surface area (Å²) in [6.07, 6.45) is 6.85. The molecule has 7 nitrogen and oxygen atoms in total. The largest absolute Gasteiger partial charge is 0.493 e. The summed E-state index contributed by atoms with van der Waals surface area (Å²) < 4.78 is 14.0. The molecule has 0 aliphatic carbocycles. The highest BCUT2D eigenvalue weighted by molar-refractivity contribution is 6.76. The third-order valence-electron chi connectivity index (χ3n) is 7.57. The molecule has 0 unspecified atom stereocenters. The van der Waals surface area contributed by atoms with E-state index in [0.29, 0.717) is 19.4 Å². The van der Waals surface area contributed by atoms with E-state index in [9.17, 15) is 0 Å². The van der Waals surface area contributed by atoms with Gasteiger partial charge in [0.15, 0.2) is 0 Å². The van der Waals surface area contributed by atoms with Gasteiger partial charge in [0, 0.05) is 61.1 Å². The molecule has 3 aromatic rings. The van der Waals surface area contributed by atoms with Crippen LogP contribution in [-0.4, -0.2) is 53.2 Å². The summed E-state index contributed by atoms with van der Waals surface area (Å²) in [5.41, 5.74) is 5.66. The van der Waals surface area contributed by atoms with Crippen LogP contribution in [0.5, 0.6) is 5.75 Å². The van der Waals surface area contributed by atoms with E-state index in [1.54, 1.807) is 0 Å². The first kappa shape index (κ1) is 27.9. The number of anilines is 1. The molecule has 2 aromatic heterocycles. The molecule has 0 bridgehead atoms. The van der Waals surface area contributed by atoms with Crippen LogP contribution in [0.1, 0.15) is 46.2 Å². The number of ether oxygens (including phenoxy) is 2. The molecule has 5 rings (SSSR count). The molecule has 0 radical (unpaired) electrons. The lowest BCUT2D eigenvalue weighted by Crippen LogP contribution is -2.60. The second-order valence-electron chi connectivity index (χ2n) is 13.8. The molecule has 2 aliphatic heterocycles. The molecular weight excluding hydrogens is 502 g/mol. The van der Waals surface area contributed by atoms with Gasteiger partial charge in [-0.05, 0) is 76.4 Å². The molecule has 39 heavy (non-hydrogen) atoms. The van der Waals surface area contributed by atoms with Gasteiger partial charge < -0.3 is 20.1 Å². The summed E-state index contributed by atoms with van der Waals surface area (Å²) in [5.74, 6) is 1.85. The van der Waals surface area contributed by atoms with Crippen molar-refractivity contribution in [2.24, 2.45) is 0 Å². The summed E-state index contributed by atoms with van der Waals surface area (Å²) >= 11 is 0. The molecular formula is C31H45N5O2Si. The van der Waals surface area contributed by atoms with Crippen LogP contribution in [0.3, 0.4) is 0 Å². The molecule has 1 fully saturated rings. The van der Waals surface area contributed by atoms with Crippen LogP contribution in [0, 0.1) is 0 Å². The van der Waals surface area contributed by atoms with Crippen molar-refractivity contribution in [2.75, 3.05) is 18.5 Å². The van der Waals surface area contributed by atoms with Gasteiger partial charge in [-0.25, -0.2) is 9.67 Å². The van der Waals surface area contributed by atoms with Gasteiger partial charge in [-0.2, -0.15) is 5.10 Å². The van der Waals surface area contributed by atoms with Gasteiger partial charge in [-0.1, -0.05) is 25.7 Å². The zero-order valence-corrected chi connectivity index (χ0v) is 25.7. The average Bonchev–Trinajstić information content (AvgIpc) is 3.21. The Hall–Kier alpha value is -2.68. The lowest BCUT2D eigenvalue weighted by molar-refractivity contribution is 0.0786. The summed E-state index contributed by atoms with van der Waals surface area (Å²) in [7, 11) is -1.09. The Kier molecular flexibility index (Phi) is 7.65. The minimum Gasteiger partial charge on any atom is -0.493 e. The van der Waals surface area contributed by atoms with Crippen LogP contribution >= 0.6 is 0 Å². The summed E-state index contributed by atoms with van der Waals surface area (Å²) in [6, 6.07) is 12.3. The molecule has 0 saturated carbocycles. The Balaban J connectivity index is 1.29. The van der Waals surface area contributed by atoms with Crippen LogP contribution in [0.2, 0.25) is 25.7 Å². The van der Waals surface area contributed by atoms with E-state index in [1.165, 1.54) is 0 Å². The first-order chi connectivity index (χ1) is 18.4. The van der Waals surface area contributed by atoms with Crippen molar-refractivity contribution < 1.29 is 9.47 Å². The fourth-order valence-corrected chi connectivity index (χ4v) is 6.83. The third-order valence-corrected chi connectivity index (χ3v) is 9.28. The molecule has 2 N–H and O–H groups in total. The number of aromatic nitrogens is 3. The molecule has 0 amide bonds. The standard InChI is InChI=1S/C31H45N5O2Si/c1-30(2)17-24(18-31(3,4)35-30)33-29-11-10-25-26-9-8-22(16-28(26)38-13-12-27(25)34-29)23-19-32-36(20-23)21-37-14-15-39(5,6)7/h8-11,16,19-20,24,35H,12-15,17-18,21H2,1-7H3,(H,33,34). The van der Waals surface area contributed by atoms with Gasteiger partial charge >= 0.3 is 0 Å². The highest BCUT2D eigenvalue weighted by atomic mass is 28.3. The van der Waals surface area contributed by atoms with E-state index in [1.807, 2.05) is 17.1 Å². The van der Waals surface area contributed by atoms with Crippen molar-refractivity contribution >= 4 is 13.9 Å². The van der Waals surface area contributed by atoms with Crippen molar-refractivity contribution in [3.05, 3.63) is 48.4 Å².